The molecule has 0 spiro atoms. The predicted octanol–water partition coefficient (Wildman–Crippen LogP) is 1.68. The molecule has 0 saturated carbocycles. The molecule has 0 aromatic rings. The summed E-state index contributed by atoms with van der Waals surface area (Å²) in [6, 6.07) is -0.0965. The second-order valence-electron chi connectivity index (χ2n) is 4.77. The van der Waals surface area contributed by atoms with E-state index in [0.29, 0.717) is 0 Å². The Morgan fingerprint density at radius 2 is 1.93 bits per heavy atom. The fourth-order valence-electron chi connectivity index (χ4n) is 1.07. The highest BCUT2D eigenvalue weighted by Gasteiger charge is 2.18. The molecule has 0 aromatic carbocycles. The summed E-state index contributed by atoms with van der Waals surface area (Å²) in [6.45, 7) is 10.9. The molecule has 3 heteroatoms. The van der Waals surface area contributed by atoms with E-state index in [2.05, 4.69) is 17.6 Å². The zero-order valence-electron chi connectivity index (χ0n) is 10.1. The first-order valence-electron chi connectivity index (χ1n) is 5.42. The zero-order chi connectivity index (χ0) is 11.2. The molecule has 0 saturated heterocycles. The topological polar surface area (TPSA) is 41.1 Å². The van der Waals surface area contributed by atoms with E-state index in [1.807, 2.05) is 27.7 Å². The molecule has 3 nitrogen and oxygen atoms in total. The Bertz CT molecular complexity index is 173. The standard InChI is InChI=1S/C11H24N2O/c1-6-7-8-12-9(2)10(14)13-11(3,4)5/h9,12H,6-8H2,1-5H3,(H,13,14). The van der Waals surface area contributed by atoms with Crippen molar-refractivity contribution in [3.8, 4) is 0 Å². The molecule has 0 aliphatic rings. The summed E-state index contributed by atoms with van der Waals surface area (Å²) >= 11 is 0. The highest BCUT2D eigenvalue weighted by Crippen LogP contribution is 1.99. The molecule has 0 fully saturated rings. The number of amides is 1. The lowest BCUT2D eigenvalue weighted by Crippen LogP contribution is -2.49. The highest BCUT2D eigenvalue weighted by molar-refractivity contribution is 5.81. The van der Waals surface area contributed by atoms with E-state index in [1.54, 1.807) is 0 Å². The number of carbonyl (C=O) groups excluding carboxylic acids is 1. The minimum atomic E-state index is -0.141. The Labute approximate surface area is 87.6 Å². The maximum atomic E-state index is 11.6. The van der Waals surface area contributed by atoms with Gasteiger partial charge in [0.05, 0.1) is 6.04 Å². The van der Waals surface area contributed by atoms with Crippen molar-refractivity contribution in [2.24, 2.45) is 0 Å². The lowest BCUT2D eigenvalue weighted by atomic mass is 10.1. The van der Waals surface area contributed by atoms with Crippen LogP contribution in [0.25, 0.3) is 0 Å². The van der Waals surface area contributed by atoms with Crippen LogP contribution in [0.15, 0.2) is 0 Å². The Hall–Kier alpha value is -0.570. The molecule has 2 N–H and O–H groups in total. The van der Waals surface area contributed by atoms with Crippen molar-refractivity contribution in [3.05, 3.63) is 0 Å². The number of hydrogen-bond donors (Lipinski definition) is 2. The Balaban J connectivity index is 3.77. The number of nitrogens with one attached hydrogen (secondary N) is 2. The van der Waals surface area contributed by atoms with Crippen LogP contribution in [0.3, 0.4) is 0 Å². The summed E-state index contributed by atoms with van der Waals surface area (Å²) in [5, 5.41) is 6.14. The molecule has 0 aliphatic carbocycles. The van der Waals surface area contributed by atoms with Gasteiger partial charge in [0.15, 0.2) is 0 Å². The van der Waals surface area contributed by atoms with Gasteiger partial charge in [0.25, 0.3) is 0 Å². The number of unbranched alkanes of at least 4 members (excludes halogenated alkanes) is 1. The second-order valence-corrected chi connectivity index (χ2v) is 4.77. The number of carbonyl (C=O) groups is 1. The van der Waals surface area contributed by atoms with Crippen LogP contribution in [-0.2, 0) is 4.79 Å². The minimum absolute atomic E-state index is 0.0774. The molecule has 0 aliphatic heterocycles. The summed E-state index contributed by atoms with van der Waals surface area (Å²) in [4.78, 5) is 11.6. The van der Waals surface area contributed by atoms with Crippen LogP contribution in [0.4, 0.5) is 0 Å². The van der Waals surface area contributed by atoms with Gasteiger partial charge in [-0.05, 0) is 40.7 Å². The smallest absolute Gasteiger partial charge is 0.237 e. The van der Waals surface area contributed by atoms with Crippen molar-refractivity contribution in [1.82, 2.24) is 10.6 Å². The first kappa shape index (κ1) is 13.4. The van der Waals surface area contributed by atoms with Crippen molar-refractivity contribution in [2.45, 2.75) is 59.0 Å². The molecule has 84 valence electrons. The van der Waals surface area contributed by atoms with E-state index >= 15 is 0 Å². The van der Waals surface area contributed by atoms with Gasteiger partial charge in [-0.2, -0.15) is 0 Å². The van der Waals surface area contributed by atoms with Gasteiger partial charge in [-0.1, -0.05) is 13.3 Å². The van der Waals surface area contributed by atoms with E-state index in [0.717, 1.165) is 19.4 Å². The van der Waals surface area contributed by atoms with Crippen LogP contribution in [-0.4, -0.2) is 24.0 Å². The summed E-state index contributed by atoms with van der Waals surface area (Å²) in [7, 11) is 0. The first-order valence-corrected chi connectivity index (χ1v) is 5.42. The Morgan fingerprint density at radius 3 is 2.36 bits per heavy atom. The molecule has 0 radical (unpaired) electrons. The largest absolute Gasteiger partial charge is 0.350 e. The van der Waals surface area contributed by atoms with Crippen LogP contribution in [0.5, 0.6) is 0 Å². The van der Waals surface area contributed by atoms with E-state index in [1.165, 1.54) is 0 Å². The van der Waals surface area contributed by atoms with Gasteiger partial charge < -0.3 is 10.6 Å². The predicted molar refractivity (Wildman–Crippen MR) is 60.3 cm³/mol. The quantitative estimate of drug-likeness (QED) is 0.663. The van der Waals surface area contributed by atoms with Gasteiger partial charge in [-0.3, -0.25) is 4.79 Å². The van der Waals surface area contributed by atoms with Crippen molar-refractivity contribution in [1.29, 1.82) is 0 Å². The monoisotopic (exact) mass is 200 g/mol. The average Bonchev–Trinajstić information content (AvgIpc) is 2.01. The van der Waals surface area contributed by atoms with Gasteiger partial charge in [0, 0.05) is 5.54 Å². The first-order chi connectivity index (χ1) is 6.37. The SMILES string of the molecule is CCCCNC(C)C(=O)NC(C)(C)C. The number of rotatable bonds is 5. The Morgan fingerprint density at radius 1 is 1.36 bits per heavy atom. The maximum Gasteiger partial charge on any atom is 0.237 e. The van der Waals surface area contributed by atoms with Crippen LogP contribution < -0.4 is 10.6 Å². The van der Waals surface area contributed by atoms with Crippen molar-refractivity contribution in [3.63, 3.8) is 0 Å². The molecule has 14 heavy (non-hydrogen) atoms. The third kappa shape index (κ3) is 6.89. The van der Waals surface area contributed by atoms with Gasteiger partial charge in [-0.25, -0.2) is 0 Å². The molecule has 0 bridgehead atoms. The van der Waals surface area contributed by atoms with Crippen LogP contribution in [0.1, 0.15) is 47.5 Å². The molecule has 1 atom stereocenters. The summed E-state index contributed by atoms with van der Waals surface area (Å²) in [6.07, 6.45) is 2.27. The van der Waals surface area contributed by atoms with E-state index in [-0.39, 0.29) is 17.5 Å². The lowest BCUT2D eigenvalue weighted by Gasteiger charge is -2.23. The van der Waals surface area contributed by atoms with Crippen LogP contribution in [0, 0.1) is 0 Å². The zero-order valence-corrected chi connectivity index (χ0v) is 10.1. The summed E-state index contributed by atoms with van der Waals surface area (Å²) in [5.41, 5.74) is -0.141. The molecular formula is C11H24N2O. The summed E-state index contributed by atoms with van der Waals surface area (Å²) < 4.78 is 0. The molecule has 1 amide bonds. The lowest BCUT2D eigenvalue weighted by molar-refractivity contribution is -0.124. The van der Waals surface area contributed by atoms with E-state index < -0.39 is 0 Å². The molecule has 0 heterocycles. The number of hydrogen-bond acceptors (Lipinski definition) is 2. The maximum absolute atomic E-state index is 11.6. The van der Waals surface area contributed by atoms with Crippen LogP contribution in [0.2, 0.25) is 0 Å². The van der Waals surface area contributed by atoms with Crippen molar-refractivity contribution < 1.29 is 4.79 Å². The fourth-order valence-corrected chi connectivity index (χ4v) is 1.07. The highest BCUT2D eigenvalue weighted by atomic mass is 16.2. The minimum Gasteiger partial charge on any atom is -0.350 e. The van der Waals surface area contributed by atoms with Gasteiger partial charge in [0.2, 0.25) is 5.91 Å². The molecule has 0 aromatic heterocycles. The fraction of sp³-hybridized carbons (Fsp3) is 0.909. The average molecular weight is 200 g/mol. The second kappa shape index (κ2) is 6.02. The molecular weight excluding hydrogens is 176 g/mol. The molecule has 1 unspecified atom stereocenters. The van der Waals surface area contributed by atoms with Crippen LogP contribution >= 0.6 is 0 Å². The van der Waals surface area contributed by atoms with Crippen molar-refractivity contribution in [2.75, 3.05) is 6.54 Å². The van der Waals surface area contributed by atoms with Gasteiger partial charge in [-0.15, -0.1) is 0 Å². The Kier molecular flexibility index (Phi) is 5.77. The molecule has 0 rings (SSSR count). The van der Waals surface area contributed by atoms with Crippen molar-refractivity contribution >= 4 is 5.91 Å². The summed E-state index contributed by atoms with van der Waals surface area (Å²) in [5.74, 6) is 0.0774. The van der Waals surface area contributed by atoms with E-state index in [9.17, 15) is 4.79 Å². The third-order valence-electron chi connectivity index (χ3n) is 1.87. The normalized spacial score (nSPS) is 13.8. The van der Waals surface area contributed by atoms with E-state index in [4.69, 9.17) is 0 Å². The van der Waals surface area contributed by atoms with Gasteiger partial charge in [0.1, 0.15) is 0 Å². The third-order valence-corrected chi connectivity index (χ3v) is 1.87. The van der Waals surface area contributed by atoms with Gasteiger partial charge >= 0.3 is 0 Å².